The van der Waals surface area contributed by atoms with Crippen molar-refractivity contribution < 1.29 is 17.9 Å². The van der Waals surface area contributed by atoms with Crippen LogP contribution in [-0.2, 0) is 6.42 Å². The summed E-state index contributed by atoms with van der Waals surface area (Å²) in [5, 5.41) is 0. The second kappa shape index (κ2) is 8.18. The molecule has 2 aliphatic rings. The highest BCUT2D eigenvalue weighted by molar-refractivity contribution is 5.67. The van der Waals surface area contributed by atoms with Crippen molar-refractivity contribution in [2.45, 2.75) is 63.9 Å². The van der Waals surface area contributed by atoms with Crippen LogP contribution in [0.25, 0.3) is 11.1 Å². The molecule has 1 saturated carbocycles. The van der Waals surface area contributed by atoms with Crippen molar-refractivity contribution in [3.05, 3.63) is 53.1 Å². The number of hydrogen-bond acceptors (Lipinski definition) is 1. The van der Waals surface area contributed by atoms with Crippen LogP contribution < -0.4 is 4.74 Å². The van der Waals surface area contributed by atoms with Crippen LogP contribution in [0.4, 0.5) is 13.2 Å². The minimum absolute atomic E-state index is 0.196. The van der Waals surface area contributed by atoms with E-state index in [0.29, 0.717) is 29.9 Å². The summed E-state index contributed by atoms with van der Waals surface area (Å²) in [4.78, 5) is 0. The summed E-state index contributed by atoms with van der Waals surface area (Å²) in [5.41, 5.74) is 2.73. The molecule has 0 spiro atoms. The third kappa shape index (κ3) is 3.92. The Bertz CT molecular complexity index is 840. The van der Waals surface area contributed by atoms with E-state index < -0.39 is 12.5 Å². The highest BCUT2D eigenvalue weighted by Crippen LogP contribution is 2.39. The van der Waals surface area contributed by atoms with E-state index in [1.807, 2.05) is 12.1 Å². The zero-order valence-corrected chi connectivity index (χ0v) is 16.3. The highest BCUT2D eigenvalue weighted by atomic mass is 19.1. The third-order valence-electron chi connectivity index (χ3n) is 6.36. The van der Waals surface area contributed by atoms with Gasteiger partial charge in [-0.3, -0.25) is 4.39 Å². The SMILES string of the molecule is CC1CCC(c2ccc(-c3cc(F)c4c(c3)CCC(CCF)O4)c(F)c2)CC1. The summed E-state index contributed by atoms with van der Waals surface area (Å²) in [7, 11) is 0. The van der Waals surface area contributed by atoms with Crippen LogP contribution in [0.15, 0.2) is 30.3 Å². The summed E-state index contributed by atoms with van der Waals surface area (Å²) in [6.45, 7) is 1.80. The number of fused-ring (bicyclic) bond motifs is 1. The lowest BCUT2D eigenvalue weighted by Gasteiger charge is -2.27. The predicted molar refractivity (Wildman–Crippen MR) is 105 cm³/mol. The van der Waals surface area contributed by atoms with E-state index >= 15 is 0 Å². The van der Waals surface area contributed by atoms with E-state index in [1.54, 1.807) is 12.1 Å². The number of aryl methyl sites for hydroxylation is 1. The molecule has 2 aromatic carbocycles. The third-order valence-corrected chi connectivity index (χ3v) is 6.36. The summed E-state index contributed by atoms with van der Waals surface area (Å²) in [6, 6.07) is 8.53. The first-order valence-electron chi connectivity index (χ1n) is 10.4. The maximum Gasteiger partial charge on any atom is 0.165 e. The fraction of sp³-hybridized carbons (Fsp3) is 0.500. The smallest absolute Gasteiger partial charge is 0.165 e. The molecule has 28 heavy (non-hydrogen) atoms. The Hall–Kier alpha value is -1.97. The molecule has 150 valence electrons. The Balaban J connectivity index is 1.59. The Morgan fingerprint density at radius 3 is 2.46 bits per heavy atom. The van der Waals surface area contributed by atoms with E-state index in [1.165, 1.54) is 18.9 Å². The second-order valence-corrected chi connectivity index (χ2v) is 8.40. The second-order valence-electron chi connectivity index (χ2n) is 8.40. The lowest BCUT2D eigenvalue weighted by molar-refractivity contribution is 0.146. The van der Waals surface area contributed by atoms with E-state index in [4.69, 9.17) is 4.74 Å². The molecule has 0 N–H and O–H groups in total. The van der Waals surface area contributed by atoms with Crippen molar-refractivity contribution in [2.24, 2.45) is 5.92 Å². The first kappa shape index (κ1) is 19.4. The zero-order valence-electron chi connectivity index (χ0n) is 16.3. The molecule has 1 unspecified atom stereocenters. The molecule has 0 radical (unpaired) electrons. The van der Waals surface area contributed by atoms with E-state index in [9.17, 15) is 13.2 Å². The normalized spacial score (nSPS) is 24.5. The molecule has 4 rings (SSSR count). The molecule has 1 aliphatic heterocycles. The molecule has 1 heterocycles. The number of alkyl halides is 1. The number of ether oxygens (including phenoxy) is 1. The Labute approximate surface area is 164 Å². The number of rotatable bonds is 4. The topological polar surface area (TPSA) is 9.23 Å². The fourth-order valence-corrected chi connectivity index (χ4v) is 4.60. The van der Waals surface area contributed by atoms with Gasteiger partial charge in [-0.25, -0.2) is 8.78 Å². The van der Waals surface area contributed by atoms with Crippen molar-refractivity contribution in [1.82, 2.24) is 0 Å². The van der Waals surface area contributed by atoms with Crippen molar-refractivity contribution in [3.63, 3.8) is 0 Å². The minimum atomic E-state index is -0.499. The molecule has 1 aliphatic carbocycles. The monoisotopic (exact) mass is 388 g/mol. The van der Waals surface area contributed by atoms with Crippen molar-refractivity contribution >= 4 is 0 Å². The van der Waals surface area contributed by atoms with Gasteiger partial charge < -0.3 is 4.74 Å². The predicted octanol–water partition coefficient (Wildman–Crippen LogP) is 6.98. The highest BCUT2D eigenvalue weighted by Gasteiger charge is 2.25. The number of hydrogen-bond donors (Lipinski definition) is 0. The van der Waals surface area contributed by atoms with Gasteiger partial charge in [0.15, 0.2) is 11.6 Å². The average Bonchev–Trinajstić information content (AvgIpc) is 2.69. The van der Waals surface area contributed by atoms with Crippen molar-refractivity contribution in [2.75, 3.05) is 6.67 Å². The van der Waals surface area contributed by atoms with Crippen LogP contribution in [0.3, 0.4) is 0 Å². The summed E-state index contributed by atoms with van der Waals surface area (Å²) < 4.78 is 47.7. The molecule has 2 aromatic rings. The maximum atomic E-state index is 14.9. The first-order valence-corrected chi connectivity index (χ1v) is 10.4. The van der Waals surface area contributed by atoms with Gasteiger partial charge in [-0.15, -0.1) is 0 Å². The van der Waals surface area contributed by atoms with Gasteiger partial charge in [0.2, 0.25) is 0 Å². The zero-order chi connectivity index (χ0) is 19.7. The molecular weight excluding hydrogens is 361 g/mol. The molecular formula is C24H27F3O. The number of halogens is 3. The van der Waals surface area contributed by atoms with Gasteiger partial charge in [0.25, 0.3) is 0 Å². The summed E-state index contributed by atoms with van der Waals surface area (Å²) in [5.74, 6) is 0.566. The summed E-state index contributed by atoms with van der Waals surface area (Å²) >= 11 is 0. The van der Waals surface area contributed by atoms with Gasteiger partial charge in [0.05, 0.1) is 6.67 Å². The van der Waals surface area contributed by atoms with E-state index in [-0.39, 0.29) is 24.1 Å². The molecule has 1 atom stereocenters. The lowest BCUT2D eigenvalue weighted by Crippen LogP contribution is -2.24. The van der Waals surface area contributed by atoms with E-state index in [0.717, 1.165) is 29.9 Å². The van der Waals surface area contributed by atoms with Gasteiger partial charge >= 0.3 is 0 Å². The van der Waals surface area contributed by atoms with Gasteiger partial charge in [0.1, 0.15) is 11.9 Å². The fourth-order valence-electron chi connectivity index (χ4n) is 4.60. The Morgan fingerprint density at radius 1 is 0.964 bits per heavy atom. The molecule has 1 nitrogen and oxygen atoms in total. The van der Waals surface area contributed by atoms with Crippen LogP contribution in [0.5, 0.6) is 5.75 Å². The molecule has 0 amide bonds. The molecule has 0 saturated heterocycles. The van der Waals surface area contributed by atoms with Crippen molar-refractivity contribution in [3.8, 4) is 16.9 Å². The van der Waals surface area contributed by atoms with E-state index in [2.05, 4.69) is 6.92 Å². The first-order chi connectivity index (χ1) is 13.5. The average molecular weight is 388 g/mol. The largest absolute Gasteiger partial charge is 0.487 e. The van der Waals surface area contributed by atoms with Crippen molar-refractivity contribution in [1.29, 1.82) is 0 Å². The van der Waals surface area contributed by atoms with Gasteiger partial charge in [-0.05, 0) is 72.4 Å². The van der Waals surface area contributed by atoms with Gasteiger partial charge in [0, 0.05) is 12.0 Å². The van der Waals surface area contributed by atoms with Gasteiger partial charge in [-0.1, -0.05) is 31.9 Å². The van der Waals surface area contributed by atoms with Crippen LogP contribution in [0.1, 0.15) is 62.5 Å². The standard InChI is InChI=1S/C24H27F3O/c1-15-2-4-16(5-3-15)17-7-9-21(22(26)13-17)19-12-18-6-8-20(10-11-25)28-24(18)23(27)14-19/h7,9,12-16,20H,2-6,8,10-11H2,1H3. The Kier molecular flexibility index (Phi) is 5.65. The molecule has 0 bridgehead atoms. The Morgan fingerprint density at radius 2 is 1.75 bits per heavy atom. The van der Waals surface area contributed by atoms with Crippen LogP contribution in [0, 0.1) is 17.6 Å². The summed E-state index contributed by atoms with van der Waals surface area (Å²) in [6.07, 6.45) is 5.84. The molecule has 0 aromatic heterocycles. The maximum absolute atomic E-state index is 14.9. The molecule has 4 heteroatoms. The van der Waals surface area contributed by atoms with Crippen LogP contribution in [0.2, 0.25) is 0 Å². The number of benzene rings is 2. The van der Waals surface area contributed by atoms with Crippen LogP contribution >= 0.6 is 0 Å². The quantitative estimate of drug-likeness (QED) is 0.549. The minimum Gasteiger partial charge on any atom is -0.487 e. The van der Waals surface area contributed by atoms with Crippen LogP contribution in [-0.4, -0.2) is 12.8 Å². The lowest BCUT2D eigenvalue weighted by atomic mass is 9.79. The molecule has 1 fully saturated rings. The van der Waals surface area contributed by atoms with Gasteiger partial charge in [-0.2, -0.15) is 0 Å².